The first-order valence-corrected chi connectivity index (χ1v) is 6.53. The highest BCUT2D eigenvalue weighted by atomic mass is 35.5. The maximum absolute atomic E-state index is 10.7. The van der Waals surface area contributed by atoms with Crippen molar-refractivity contribution in [3.8, 4) is 5.75 Å². The van der Waals surface area contributed by atoms with E-state index in [1.807, 2.05) is 17.5 Å². The Kier molecular flexibility index (Phi) is 4.13. The van der Waals surface area contributed by atoms with Gasteiger partial charge in [-0.1, -0.05) is 17.7 Å². The Morgan fingerprint density at radius 3 is 2.95 bits per heavy atom. The van der Waals surface area contributed by atoms with Gasteiger partial charge in [0.25, 0.3) is 0 Å². The monoisotopic (exact) mass is 296 g/mol. The van der Waals surface area contributed by atoms with Crippen molar-refractivity contribution in [2.45, 2.75) is 6.54 Å². The first-order valence-electron chi connectivity index (χ1n) is 5.27. The molecule has 1 aromatic heterocycles. The minimum Gasteiger partial charge on any atom is -0.502 e. The molecule has 1 N–H and O–H groups in total. The first-order chi connectivity index (χ1) is 9.08. The zero-order chi connectivity index (χ0) is 13.8. The Labute approximate surface area is 118 Å². The highest BCUT2D eigenvalue weighted by Crippen LogP contribution is 2.32. The standard InChI is InChI=1S/C12H9ClN2O3S/c13-9-4-8(12(16)11(5-9)15(17)18)6-14-7-10-2-1-3-19-10/h1-6,16H,7H2. The van der Waals surface area contributed by atoms with Crippen molar-refractivity contribution >= 4 is 34.8 Å². The normalized spacial score (nSPS) is 11.0. The number of aliphatic imine (C=N–C) groups is 1. The smallest absolute Gasteiger partial charge is 0.312 e. The first kappa shape index (κ1) is 13.5. The molecule has 0 aliphatic carbocycles. The van der Waals surface area contributed by atoms with Gasteiger partial charge >= 0.3 is 5.69 Å². The summed E-state index contributed by atoms with van der Waals surface area (Å²) in [7, 11) is 0. The van der Waals surface area contributed by atoms with Crippen LogP contribution in [0.4, 0.5) is 5.69 Å². The molecule has 0 fully saturated rings. The van der Waals surface area contributed by atoms with E-state index in [0.717, 1.165) is 10.9 Å². The van der Waals surface area contributed by atoms with Gasteiger partial charge in [-0.2, -0.15) is 0 Å². The van der Waals surface area contributed by atoms with Gasteiger partial charge in [-0.15, -0.1) is 11.3 Å². The predicted octanol–water partition coefficient (Wildman–Crippen LogP) is 3.63. The van der Waals surface area contributed by atoms with Gasteiger partial charge < -0.3 is 5.11 Å². The molecule has 98 valence electrons. The van der Waals surface area contributed by atoms with Crippen LogP contribution in [0, 0.1) is 10.1 Å². The number of phenols is 1. The molecule has 0 amide bonds. The number of aromatic hydroxyl groups is 1. The van der Waals surface area contributed by atoms with Crippen molar-refractivity contribution in [2.24, 2.45) is 4.99 Å². The molecule has 0 spiro atoms. The number of nitrogens with zero attached hydrogens (tertiary/aromatic N) is 2. The van der Waals surface area contributed by atoms with Gasteiger partial charge in [-0.05, 0) is 17.5 Å². The lowest BCUT2D eigenvalue weighted by molar-refractivity contribution is -0.385. The summed E-state index contributed by atoms with van der Waals surface area (Å²) >= 11 is 7.33. The van der Waals surface area contributed by atoms with Gasteiger partial charge in [-0.3, -0.25) is 15.1 Å². The molecular weight excluding hydrogens is 288 g/mol. The van der Waals surface area contributed by atoms with E-state index in [-0.39, 0.29) is 10.6 Å². The molecule has 19 heavy (non-hydrogen) atoms. The second kappa shape index (κ2) is 5.81. The second-order valence-electron chi connectivity index (χ2n) is 3.67. The molecule has 0 radical (unpaired) electrons. The summed E-state index contributed by atoms with van der Waals surface area (Å²) in [6.45, 7) is 0.456. The number of rotatable bonds is 4. The third-order valence-electron chi connectivity index (χ3n) is 2.34. The van der Waals surface area contributed by atoms with E-state index in [4.69, 9.17) is 11.6 Å². The third kappa shape index (κ3) is 3.30. The summed E-state index contributed by atoms with van der Waals surface area (Å²) in [5.74, 6) is -0.427. The maximum atomic E-state index is 10.7. The number of hydrogen-bond donors (Lipinski definition) is 1. The van der Waals surface area contributed by atoms with Crippen LogP contribution in [0.25, 0.3) is 0 Å². The van der Waals surface area contributed by atoms with E-state index in [9.17, 15) is 15.2 Å². The lowest BCUT2D eigenvalue weighted by atomic mass is 10.2. The lowest BCUT2D eigenvalue weighted by Crippen LogP contribution is -1.93. The van der Waals surface area contributed by atoms with E-state index in [0.29, 0.717) is 6.54 Å². The number of thiophene rings is 1. The Morgan fingerprint density at radius 2 is 2.32 bits per heavy atom. The fourth-order valence-corrected chi connectivity index (χ4v) is 2.34. The number of hydrogen-bond acceptors (Lipinski definition) is 5. The lowest BCUT2D eigenvalue weighted by Gasteiger charge is -2.01. The number of nitro groups is 1. The van der Waals surface area contributed by atoms with Crippen LogP contribution in [-0.4, -0.2) is 16.2 Å². The average Bonchev–Trinajstić information content (AvgIpc) is 2.86. The van der Waals surface area contributed by atoms with E-state index < -0.39 is 16.4 Å². The maximum Gasteiger partial charge on any atom is 0.312 e. The molecule has 7 heteroatoms. The third-order valence-corrected chi connectivity index (χ3v) is 3.42. The molecule has 0 saturated heterocycles. The van der Waals surface area contributed by atoms with E-state index >= 15 is 0 Å². The van der Waals surface area contributed by atoms with Crippen LogP contribution in [-0.2, 0) is 6.54 Å². The summed E-state index contributed by atoms with van der Waals surface area (Å²) in [6.07, 6.45) is 1.38. The van der Waals surface area contributed by atoms with Crippen molar-refractivity contribution in [1.82, 2.24) is 0 Å². The van der Waals surface area contributed by atoms with Crippen molar-refractivity contribution in [1.29, 1.82) is 0 Å². The molecule has 0 bridgehead atoms. The highest BCUT2D eigenvalue weighted by molar-refractivity contribution is 7.09. The number of benzene rings is 1. The predicted molar refractivity (Wildman–Crippen MR) is 75.4 cm³/mol. The van der Waals surface area contributed by atoms with Crippen LogP contribution in [0.3, 0.4) is 0 Å². The van der Waals surface area contributed by atoms with Gasteiger partial charge in [0.1, 0.15) is 0 Å². The molecule has 2 rings (SSSR count). The van der Waals surface area contributed by atoms with Crippen LogP contribution in [0.15, 0.2) is 34.6 Å². The zero-order valence-corrected chi connectivity index (χ0v) is 11.2. The Hall–Kier alpha value is -1.92. The molecule has 0 unspecified atom stereocenters. The highest BCUT2D eigenvalue weighted by Gasteiger charge is 2.17. The quantitative estimate of drug-likeness (QED) is 0.532. The van der Waals surface area contributed by atoms with Gasteiger partial charge in [0.05, 0.1) is 11.5 Å². The van der Waals surface area contributed by atoms with Gasteiger partial charge in [0, 0.05) is 27.7 Å². The molecule has 5 nitrogen and oxygen atoms in total. The van der Waals surface area contributed by atoms with Crippen LogP contribution in [0.1, 0.15) is 10.4 Å². The average molecular weight is 297 g/mol. The number of nitro benzene ring substituents is 1. The largest absolute Gasteiger partial charge is 0.502 e. The van der Waals surface area contributed by atoms with Crippen molar-refractivity contribution in [3.63, 3.8) is 0 Å². The zero-order valence-electron chi connectivity index (χ0n) is 9.62. The van der Waals surface area contributed by atoms with E-state index in [2.05, 4.69) is 4.99 Å². The fraction of sp³-hybridized carbons (Fsp3) is 0.0833. The van der Waals surface area contributed by atoms with Crippen LogP contribution >= 0.6 is 22.9 Å². The van der Waals surface area contributed by atoms with Crippen LogP contribution in [0.2, 0.25) is 5.02 Å². The number of phenolic OH excluding ortho intramolecular Hbond substituents is 1. The van der Waals surface area contributed by atoms with Gasteiger partial charge in [-0.25, -0.2) is 0 Å². The molecular formula is C12H9ClN2O3S. The molecule has 0 aliphatic rings. The SMILES string of the molecule is O=[N+]([O-])c1cc(Cl)cc(C=NCc2cccs2)c1O. The summed E-state index contributed by atoms with van der Waals surface area (Å²) in [5.41, 5.74) is -0.194. The second-order valence-corrected chi connectivity index (χ2v) is 5.14. The molecule has 0 atom stereocenters. The molecule has 0 saturated carbocycles. The van der Waals surface area contributed by atoms with E-state index in [1.165, 1.54) is 12.3 Å². The molecule has 1 heterocycles. The van der Waals surface area contributed by atoms with Crippen LogP contribution < -0.4 is 0 Å². The van der Waals surface area contributed by atoms with Gasteiger partial charge in [0.2, 0.25) is 5.75 Å². The Bertz CT molecular complexity index is 626. The Balaban J connectivity index is 2.24. The van der Waals surface area contributed by atoms with Crippen molar-refractivity contribution < 1.29 is 10.0 Å². The summed E-state index contributed by atoms with van der Waals surface area (Å²) in [5, 5.41) is 22.6. The van der Waals surface area contributed by atoms with Crippen molar-refractivity contribution in [3.05, 3.63) is 55.2 Å². The van der Waals surface area contributed by atoms with E-state index in [1.54, 1.807) is 11.3 Å². The Morgan fingerprint density at radius 1 is 1.53 bits per heavy atom. The summed E-state index contributed by atoms with van der Waals surface area (Å²) < 4.78 is 0. The van der Waals surface area contributed by atoms with Gasteiger partial charge in [0.15, 0.2) is 0 Å². The molecule has 1 aromatic carbocycles. The van der Waals surface area contributed by atoms with Crippen molar-refractivity contribution in [2.75, 3.05) is 0 Å². The fourth-order valence-electron chi connectivity index (χ4n) is 1.48. The topological polar surface area (TPSA) is 75.7 Å². The summed E-state index contributed by atoms with van der Waals surface area (Å²) in [6, 6.07) is 6.38. The van der Waals surface area contributed by atoms with Crippen LogP contribution in [0.5, 0.6) is 5.75 Å². The number of halogens is 1. The minimum atomic E-state index is -0.683. The molecule has 2 aromatic rings. The molecule has 0 aliphatic heterocycles. The minimum absolute atomic E-state index is 0.182. The summed E-state index contributed by atoms with van der Waals surface area (Å²) in [4.78, 5) is 15.2.